The van der Waals surface area contributed by atoms with Crippen molar-refractivity contribution >= 4 is 33.8 Å². The lowest BCUT2D eigenvalue weighted by Gasteiger charge is -2.10. The molecular formula is C13H20N4O3S. The molecule has 116 valence electrons. The molecule has 1 aromatic rings. The summed E-state index contributed by atoms with van der Waals surface area (Å²) >= 11 is 1.17. The summed E-state index contributed by atoms with van der Waals surface area (Å²) in [5.74, 6) is -0.481. The zero-order chi connectivity index (χ0) is 15.6. The van der Waals surface area contributed by atoms with Gasteiger partial charge in [0.15, 0.2) is 0 Å². The van der Waals surface area contributed by atoms with E-state index in [9.17, 15) is 9.59 Å². The molecule has 1 unspecified atom stereocenters. The van der Waals surface area contributed by atoms with E-state index in [4.69, 9.17) is 16.2 Å². The van der Waals surface area contributed by atoms with Gasteiger partial charge in [-0.2, -0.15) is 0 Å². The minimum atomic E-state index is -0.633. The number of hydrogen-bond donors (Lipinski definition) is 3. The number of thiophene rings is 1. The van der Waals surface area contributed by atoms with E-state index in [0.29, 0.717) is 28.9 Å². The summed E-state index contributed by atoms with van der Waals surface area (Å²) in [6.45, 7) is 2.12. The van der Waals surface area contributed by atoms with Crippen LogP contribution in [0.15, 0.2) is 0 Å². The maximum Gasteiger partial charge on any atom is 0.265 e. The van der Waals surface area contributed by atoms with Gasteiger partial charge in [0.05, 0.1) is 17.9 Å². The van der Waals surface area contributed by atoms with Crippen LogP contribution in [0, 0.1) is 5.92 Å². The van der Waals surface area contributed by atoms with Crippen LogP contribution in [0.4, 0.5) is 10.7 Å². The molecule has 5 N–H and O–H groups in total. The molecule has 0 saturated carbocycles. The van der Waals surface area contributed by atoms with Gasteiger partial charge in [-0.05, 0) is 6.42 Å². The summed E-state index contributed by atoms with van der Waals surface area (Å²) in [7, 11) is 3.27. The lowest BCUT2D eigenvalue weighted by Crippen LogP contribution is -2.22. The normalized spacial score (nSPS) is 17.7. The largest absolute Gasteiger partial charge is 0.397 e. The molecule has 2 amide bonds. The minimum Gasteiger partial charge on any atom is -0.397 e. The molecule has 1 fully saturated rings. The molecule has 2 heterocycles. The number of rotatable bonds is 5. The van der Waals surface area contributed by atoms with Crippen molar-refractivity contribution in [1.82, 2.24) is 4.90 Å². The fourth-order valence-corrected chi connectivity index (χ4v) is 3.31. The van der Waals surface area contributed by atoms with Crippen LogP contribution in [0.3, 0.4) is 0 Å². The third kappa shape index (κ3) is 3.27. The SMILES string of the molecule is CN(C)C(=O)c1sc(NCC2CCOC2)c(C(N)=O)c1N. The number of primary amides is 1. The topological polar surface area (TPSA) is 111 Å². The lowest BCUT2D eigenvalue weighted by atomic mass is 10.1. The number of nitrogens with zero attached hydrogens (tertiary/aromatic N) is 1. The lowest BCUT2D eigenvalue weighted by molar-refractivity contribution is 0.0833. The van der Waals surface area contributed by atoms with Crippen LogP contribution in [0.2, 0.25) is 0 Å². The number of nitrogens with two attached hydrogens (primary N) is 2. The van der Waals surface area contributed by atoms with E-state index >= 15 is 0 Å². The summed E-state index contributed by atoms with van der Waals surface area (Å²) in [5, 5.41) is 3.73. The Bertz CT molecular complexity index is 550. The zero-order valence-electron chi connectivity index (χ0n) is 12.1. The average Bonchev–Trinajstić information content (AvgIpc) is 3.02. The molecule has 0 bridgehead atoms. The highest BCUT2D eigenvalue weighted by atomic mass is 32.1. The van der Waals surface area contributed by atoms with Gasteiger partial charge in [-0.25, -0.2) is 0 Å². The Labute approximate surface area is 127 Å². The Morgan fingerprint density at radius 2 is 2.19 bits per heavy atom. The Morgan fingerprint density at radius 1 is 1.48 bits per heavy atom. The van der Waals surface area contributed by atoms with E-state index in [1.54, 1.807) is 14.1 Å². The van der Waals surface area contributed by atoms with Gasteiger partial charge in [0.1, 0.15) is 9.88 Å². The molecule has 2 rings (SSSR count). The Hall–Kier alpha value is -1.80. The first kappa shape index (κ1) is 15.6. The monoisotopic (exact) mass is 312 g/mol. The van der Waals surface area contributed by atoms with Gasteiger partial charge in [0.2, 0.25) is 0 Å². The van der Waals surface area contributed by atoms with Crippen LogP contribution >= 0.6 is 11.3 Å². The van der Waals surface area contributed by atoms with Crippen LogP contribution < -0.4 is 16.8 Å². The Morgan fingerprint density at radius 3 is 2.71 bits per heavy atom. The molecule has 1 aromatic heterocycles. The number of carbonyl (C=O) groups is 2. The summed E-state index contributed by atoms with van der Waals surface area (Å²) in [4.78, 5) is 25.4. The third-order valence-corrected chi connectivity index (χ3v) is 4.52. The van der Waals surface area contributed by atoms with Crippen LogP contribution in [0.5, 0.6) is 0 Å². The van der Waals surface area contributed by atoms with E-state index in [-0.39, 0.29) is 17.2 Å². The van der Waals surface area contributed by atoms with Gasteiger partial charge >= 0.3 is 0 Å². The first-order valence-corrected chi connectivity index (χ1v) is 7.48. The fourth-order valence-electron chi connectivity index (χ4n) is 2.16. The molecule has 7 nitrogen and oxygen atoms in total. The van der Waals surface area contributed by atoms with E-state index in [1.807, 2.05) is 0 Å². The molecule has 1 aliphatic rings. The van der Waals surface area contributed by atoms with Crippen LogP contribution in [-0.4, -0.2) is 50.6 Å². The summed E-state index contributed by atoms with van der Waals surface area (Å²) in [6.07, 6.45) is 0.975. The molecule has 8 heteroatoms. The number of nitrogen functional groups attached to an aromatic ring is 1. The molecule has 21 heavy (non-hydrogen) atoms. The van der Waals surface area contributed by atoms with Crippen LogP contribution in [-0.2, 0) is 4.74 Å². The smallest absolute Gasteiger partial charge is 0.265 e. The highest BCUT2D eigenvalue weighted by Crippen LogP contribution is 2.36. The van der Waals surface area contributed by atoms with Crippen molar-refractivity contribution in [3.63, 3.8) is 0 Å². The average molecular weight is 312 g/mol. The maximum atomic E-state index is 12.1. The Balaban J connectivity index is 2.24. The second-order valence-electron chi connectivity index (χ2n) is 5.22. The predicted molar refractivity (Wildman–Crippen MR) is 82.7 cm³/mol. The molecular weight excluding hydrogens is 292 g/mol. The van der Waals surface area contributed by atoms with Crippen molar-refractivity contribution in [1.29, 1.82) is 0 Å². The quantitative estimate of drug-likeness (QED) is 0.736. The second kappa shape index (κ2) is 6.31. The van der Waals surface area contributed by atoms with Crippen molar-refractivity contribution in [2.24, 2.45) is 11.7 Å². The first-order valence-electron chi connectivity index (χ1n) is 6.67. The number of carbonyl (C=O) groups excluding carboxylic acids is 2. The van der Waals surface area contributed by atoms with Crippen molar-refractivity contribution < 1.29 is 14.3 Å². The number of nitrogens with one attached hydrogen (secondary N) is 1. The van der Waals surface area contributed by atoms with Crippen molar-refractivity contribution in [2.45, 2.75) is 6.42 Å². The van der Waals surface area contributed by atoms with Crippen molar-refractivity contribution in [3.05, 3.63) is 10.4 Å². The van der Waals surface area contributed by atoms with E-state index in [1.165, 1.54) is 16.2 Å². The highest BCUT2D eigenvalue weighted by molar-refractivity contribution is 7.19. The molecule has 1 aliphatic heterocycles. The van der Waals surface area contributed by atoms with Gasteiger partial charge in [0, 0.05) is 33.2 Å². The standard InChI is InChI=1S/C13H20N4O3S/c1-17(2)13(19)10-9(14)8(11(15)18)12(21-10)16-5-7-3-4-20-6-7/h7,16H,3-6,14H2,1-2H3,(H2,15,18). The van der Waals surface area contributed by atoms with Gasteiger partial charge in [0.25, 0.3) is 11.8 Å². The molecule has 0 aromatic carbocycles. The first-order chi connectivity index (χ1) is 9.91. The summed E-state index contributed by atoms with van der Waals surface area (Å²) < 4.78 is 5.31. The second-order valence-corrected chi connectivity index (χ2v) is 6.24. The Kier molecular flexibility index (Phi) is 4.69. The molecule has 1 atom stereocenters. The van der Waals surface area contributed by atoms with E-state index < -0.39 is 5.91 Å². The number of anilines is 2. The zero-order valence-corrected chi connectivity index (χ0v) is 13.0. The van der Waals surface area contributed by atoms with E-state index in [2.05, 4.69) is 5.32 Å². The van der Waals surface area contributed by atoms with Crippen LogP contribution in [0.25, 0.3) is 0 Å². The molecule has 1 saturated heterocycles. The van der Waals surface area contributed by atoms with Crippen molar-refractivity contribution in [2.75, 3.05) is 44.9 Å². The van der Waals surface area contributed by atoms with Crippen LogP contribution in [0.1, 0.15) is 26.5 Å². The highest BCUT2D eigenvalue weighted by Gasteiger charge is 2.26. The maximum absolute atomic E-state index is 12.1. The number of ether oxygens (including phenoxy) is 1. The van der Waals surface area contributed by atoms with E-state index in [0.717, 1.165) is 13.0 Å². The van der Waals surface area contributed by atoms with Gasteiger partial charge in [-0.3, -0.25) is 9.59 Å². The van der Waals surface area contributed by atoms with Crippen molar-refractivity contribution in [3.8, 4) is 0 Å². The molecule has 0 radical (unpaired) electrons. The van der Waals surface area contributed by atoms with Gasteiger partial charge in [-0.1, -0.05) is 0 Å². The predicted octanol–water partition coefficient (Wildman–Crippen LogP) is 0.579. The summed E-state index contributed by atoms with van der Waals surface area (Å²) in [6, 6.07) is 0. The van der Waals surface area contributed by atoms with Gasteiger partial charge < -0.3 is 26.4 Å². The molecule has 0 spiro atoms. The number of hydrogen-bond acceptors (Lipinski definition) is 6. The molecule has 0 aliphatic carbocycles. The fraction of sp³-hybridized carbons (Fsp3) is 0.538. The van der Waals surface area contributed by atoms with Gasteiger partial charge in [-0.15, -0.1) is 11.3 Å². The summed E-state index contributed by atoms with van der Waals surface area (Å²) in [5.41, 5.74) is 11.7. The third-order valence-electron chi connectivity index (χ3n) is 3.37. The number of amides is 2. The minimum absolute atomic E-state index is 0.149.